The number of nitrogens with one attached hydrogen (secondary N) is 1. The van der Waals surface area contributed by atoms with Gasteiger partial charge in [0.05, 0.1) is 5.69 Å². The molecule has 1 fully saturated rings. The third-order valence-corrected chi connectivity index (χ3v) is 4.26. The van der Waals surface area contributed by atoms with Gasteiger partial charge in [0, 0.05) is 13.1 Å². The molecule has 0 aromatic heterocycles. The van der Waals surface area contributed by atoms with Crippen molar-refractivity contribution in [3.05, 3.63) is 29.3 Å². The van der Waals surface area contributed by atoms with Crippen LogP contribution in [0.1, 0.15) is 11.1 Å². The lowest BCUT2D eigenvalue weighted by atomic mass is 10.1. The first-order chi connectivity index (χ1) is 7.02. The Bertz CT molecular complexity index is 482. The molecule has 0 saturated carbocycles. The molecule has 1 heterocycles. The van der Waals surface area contributed by atoms with E-state index >= 15 is 0 Å². The van der Waals surface area contributed by atoms with Gasteiger partial charge in [-0.05, 0) is 31.0 Å². The van der Waals surface area contributed by atoms with Gasteiger partial charge in [-0.25, -0.2) is 0 Å². The normalized spacial score (nSPS) is 19.5. The van der Waals surface area contributed by atoms with E-state index in [0.717, 1.165) is 16.8 Å². The second kappa shape index (κ2) is 3.50. The van der Waals surface area contributed by atoms with Gasteiger partial charge >= 0.3 is 10.2 Å². The van der Waals surface area contributed by atoms with Crippen molar-refractivity contribution in [2.24, 2.45) is 0 Å². The number of rotatable bonds is 1. The van der Waals surface area contributed by atoms with Gasteiger partial charge in [-0.3, -0.25) is 4.31 Å². The van der Waals surface area contributed by atoms with Crippen LogP contribution in [-0.4, -0.2) is 21.5 Å². The summed E-state index contributed by atoms with van der Waals surface area (Å²) in [6.07, 6.45) is 0. The van der Waals surface area contributed by atoms with E-state index in [-0.39, 0.29) is 0 Å². The Balaban J connectivity index is 2.51. The van der Waals surface area contributed by atoms with Crippen molar-refractivity contribution in [1.29, 1.82) is 0 Å². The topological polar surface area (TPSA) is 49.4 Å². The van der Waals surface area contributed by atoms with E-state index in [1.54, 1.807) is 0 Å². The van der Waals surface area contributed by atoms with Crippen molar-refractivity contribution >= 4 is 15.9 Å². The second-order valence-corrected chi connectivity index (χ2v) is 5.37. The molecule has 82 valence electrons. The average Bonchev–Trinajstić information content (AvgIpc) is 2.50. The Morgan fingerprint density at radius 2 is 2.07 bits per heavy atom. The van der Waals surface area contributed by atoms with Gasteiger partial charge in [-0.1, -0.05) is 12.1 Å². The molecule has 0 amide bonds. The third-order valence-electron chi connectivity index (χ3n) is 2.73. The summed E-state index contributed by atoms with van der Waals surface area (Å²) in [7, 11) is -3.30. The molecule has 1 aromatic carbocycles. The molecule has 0 aliphatic carbocycles. The van der Waals surface area contributed by atoms with E-state index in [1.165, 1.54) is 4.31 Å². The van der Waals surface area contributed by atoms with E-state index in [0.29, 0.717) is 13.1 Å². The Kier molecular flexibility index (Phi) is 2.44. The first-order valence-electron chi connectivity index (χ1n) is 4.86. The van der Waals surface area contributed by atoms with Crippen LogP contribution in [0.25, 0.3) is 0 Å². The van der Waals surface area contributed by atoms with Crippen molar-refractivity contribution in [2.75, 3.05) is 17.4 Å². The molecule has 0 atom stereocenters. The summed E-state index contributed by atoms with van der Waals surface area (Å²) >= 11 is 0. The van der Waals surface area contributed by atoms with Crippen LogP contribution in [0.2, 0.25) is 0 Å². The summed E-state index contributed by atoms with van der Waals surface area (Å²) in [5.41, 5.74) is 2.90. The van der Waals surface area contributed by atoms with Gasteiger partial charge in [0.1, 0.15) is 0 Å². The standard InChI is InChI=1S/C10H14N2O2S/c1-8-4-3-5-10(9(8)2)12-7-6-11-15(12,13)14/h3-5,11H,6-7H2,1-2H3. The summed E-state index contributed by atoms with van der Waals surface area (Å²) in [6, 6.07) is 5.70. The predicted molar refractivity (Wildman–Crippen MR) is 60.2 cm³/mol. The van der Waals surface area contributed by atoms with Gasteiger partial charge < -0.3 is 0 Å². The molecular formula is C10H14N2O2S. The molecule has 1 aliphatic heterocycles. The molecule has 4 nitrogen and oxygen atoms in total. The van der Waals surface area contributed by atoms with Gasteiger partial charge in [-0.15, -0.1) is 0 Å². The van der Waals surface area contributed by atoms with Crippen LogP contribution < -0.4 is 9.03 Å². The molecule has 5 heteroatoms. The van der Waals surface area contributed by atoms with E-state index < -0.39 is 10.2 Å². The highest BCUT2D eigenvalue weighted by Gasteiger charge is 2.28. The minimum absolute atomic E-state index is 0.482. The van der Waals surface area contributed by atoms with Crippen LogP contribution in [0.4, 0.5) is 5.69 Å². The lowest BCUT2D eigenvalue weighted by molar-refractivity contribution is 0.591. The fraction of sp³-hybridized carbons (Fsp3) is 0.400. The lowest BCUT2D eigenvalue weighted by Crippen LogP contribution is -2.29. The van der Waals surface area contributed by atoms with Gasteiger partial charge in [0.25, 0.3) is 0 Å². The Labute approximate surface area is 90.1 Å². The number of hydrogen-bond donors (Lipinski definition) is 1. The number of hydrogen-bond acceptors (Lipinski definition) is 2. The first-order valence-corrected chi connectivity index (χ1v) is 6.30. The molecule has 0 bridgehead atoms. The van der Waals surface area contributed by atoms with Crippen LogP contribution >= 0.6 is 0 Å². The van der Waals surface area contributed by atoms with Gasteiger partial charge in [0.15, 0.2) is 0 Å². The minimum atomic E-state index is -3.30. The van der Waals surface area contributed by atoms with Crippen molar-refractivity contribution in [1.82, 2.24) is 4.72 Å². The summed E-state index contributed by atoms with van der Waals surface area (Å²) in [6.45, 7) is 4.91. The first kappa shape index (κ1) is 10.4. The van der Waals surface area contributed by atoms with Crippen LogP contribution in [-0.2, 0) is 10.2 Å². The van der Waals surface area contributed by atoms with Gasteiger partial charge in [0.2, 0.25) is 0 Å². The molecule has 1 N–H and O–H groups in total. The van der Waals surface area contributed by atoms with Crippen molar-refractivity contribution in [3.8, 4) is 0 Å². The number of benzene rings is 1. The molecule has 2 rings (SSSR count). The highest BCUT2D eigenvalue weighted by molar-refractivity contribution is 7.91. The molecule has 0 spiro atoms. The fourth-order valence-electron chi connectivity index (χ4n) is 1.73. The zero-order valence-electron chi connectivity index (χ0n) is 8.82. The monoisotopic (exact) mass is 226 g/mol. The highest BCUT2D eigenvalue weighted by Crippen LogP contribution is 2.25. The third kappa shape index (κ3) is 1.72. The second-order valence-electron chi connectivity index (χ2n) is 3.69. The molecular weight excluding hydrogens is 212 g/mol. The molecule has 1 aliphatic rings. The van der Waals surface area contributed by atoms with E-state index in [9.17, 15) is 8.42 Å². The van der Waals surface area contributed by atoms with Crippen LogP contribution in [0.5, 0.6) is 0 Å². The maximum atomic E-state index is 11.6. The summed E-state index contributed by atoms with van der Waals surface area (Å²) in [4.78, 5) is 0. The maximum absolute atomic E-state index is 11.6. The lowest BCUT2D eigenvalue weighted by Gasteiger charge is -2.19. The Morgan fingerprint density at radius 3 is 2.67 bits per heavy atom. The van der Waals surface area contributed by atoms with E-state index in [4.69, 9.17) is 0 Å². The van der Waals surface area contributed by atoms with Crippen LogP contribution in [0.3, 0.4) is 0 Å². The zero-order chi connectivity index (χ0) is 11.1. The molecule has 0 radical (unpaired) electrons. The highest BCUT2D eigenvalue weighted by atomic mass is 32.2. The Hall–Kier alpha value is -1.07. The predicted octanol–water partition coefficient (Wildman–Crippen LogP) is 0.958. The van der Waals surface area contributed by atoms with Gasteiger partial charge in [-0.2, -0.15) is 13.1 Å². The van der Waals surface area contributed by atoms with Crippen LogP contribution in [0, 0.1) is 13.8 Å². The molecule has 1 saturated heterocycles. The largest absolute Gasteiger partial charge is 0.301 e. The van der Waals surface area contributed by atoms with E-state index in [2.05, 4.69) is 4.72 Å². The quantitative estimate of drug-likeness (QED) is 0.775. The SMILES string of the molecule is Cc1cccc(N2CCNS2(=O)=O)c1C. The average molecular weight is 226 g/mol. The van der Waals surface area contributed by atoms with Crippen molar-refractivity contribution < 1.29 is 8.42 Å². The summed E-state index contributed by atoms with van der Waals surface area (Å²) < 4.78 is 27.2. The molecule has 15 heavy (non-hydrogen) atoms. The number of aryl methyl sites for hydroxylation is 1. The van der Waals surface area contributed by atoms with Crippen molar-refractivity contribution in [2.45, 2.75) is 13.8 Å². The molecule has 0 unspecified atom stereocenters. The molecule has 1 aromatic rings. The maximum Gasteiger partial charge on any atom is 0.301 e. The minimum Gasteiger partial charge on any atom is -0.256 e. The number of anilines is 1. The van der Waals surface area contributed by atoms with Crippen LogP contribution in [0.15, 0.2) is 18.2 Å². The fourth-order valence-corrected chi connectivity index (χ4v) is 3.02. The van der Waals surface area contributed by atoms with E-state index in [1.807, 2.05) is 32.0 Å². The zero-order valence-corrected chi connectivity index (χ0v) is 9.63. The summed E-state index contributed by atoms with van der Waals surface area (Å²) in [5, 5.41) is 0. The number of nitrogens with zero attached hydrogens (tertiary/aromatic N) is 1. The smallest absolute Gasteiger partial charge is 0.256 e. The summed E-state index contributed by atoms with van der Waals surface area (Å²) in [5.74, 6) is 0. The van der Waals surface area contributed by atoms with Crippen molar-refractivity contribution in [3.63, 3.8) is 0 Å². The Morgan fingerprint density at radius 1 is 1.33 bits per heavy atom.